The smallest absolute Gasteiger partial charge is 0.406 e. The minimum Gasteiger partial charge on any atom is -0.496 e. The number of hydrogen-bond acceptors (Lipinski definition) is 9. The summed E-state index contributed by atoms with van der Waals surface area (Å²) in [4.78, 5) is 39.8. The maximum atomic E-state index is 15.4. The lowest BCUT2D eigenvalue weighted by molar-refractivity contribution is -0.893. The summed E-state index contributed by atoms with van der Waals surface area (Å²) in [5.41, 5.74) is 4.35. The van der Waals surface area contributed by atoms with E-state index in [1.807, 2.05) is 6.92 Å². The second-order valence-corrected chi connectivity index (χ2v) is 14.3. The lowest BCUT2D eigenvalue weighted by Crippen LogP contribution is -2.39. The van der Waals surface area contributed by atoms with Gasteiger partial charge in [-0.2, -0.15) is 10.6 Å². The maximum Gasteiger partial charge on any atom is 0.406 e. The van der Waals surface area contributed by atoms with Gasteiger partial charge in [0.2, 0.25) is 0 Å². The summed E-state index contributed by atoms with van der Waals surface area (Å²) < 4.78 is 42.2. The van der Waals surface area contributed by atoms with Crippen molar-refractivity contribution in [2.75, 3.05) is 37.9 Å². The molecule has 336 valence electrons. The predicted molar refractivity (Wildman–Crippen MR) is 240 cm³/mol. The van der Waals surface area contributed by atoms with Gasteiger partial charge in [0.05, 0.1) is 25.3 Å². The molecule has 0 aliphatic carbocycles. The average Bonchev–Trinajstić information content (AvgIpc) is 3.27. The first-order valence-electron chi connectivity index (χ1n) is 19.5. The molecule has 0 aliphatic rings. The third kappa shape index (κ3) is 14.3. The number of carbonyl (C=O) groups excluding carboxylic acids is 3. The molecule has 0 saturated heterocycles. The molecule has 6 rings (SSSR count). The normalized spacial score (nSPS) is 10.2. The summed E-state index contributed by atoms with van der Waals surface area (Å²) >= 11 is 12.1. The second kappa shape index (κ2) is 24.6. The molecule has 0 fully saturated rings. The number of nitrogens with zero attached hydrogens (tertiary/aromatic N) is 2. The Morgan fingerprint density at radius 2 is 1.19 bits per heavy atom. The Balaban J connectivity index is 0.000000254. The molecular weight excluding hydrogens is 873 g/mol. The quantitative estimate of drug-likeness (QED) is 0.0301. The summed E-state index contributed by atoms with van der Waals surface area (Å²) in [6.45, 7) is 5.71. The van der Waals surface area contributed by atoms with E-state index < -0.39 is 17.8 Å². The number of amides is 4. The summed E-state index contributed by atoms with van der Waals surface area (Å²) in [6.07, 6.45) is 3.61. The summed E-state index contributed by atoms with van der Waals surface area (Å²) in [5, 5.41) is 28.8. The van der Waals surface area contributed by atoms with Crippen molar-refractivity contribution in [3.8, 4) is 33.8 Å². The first-order chi connectivity index (χ1) is 30.7. The van der Waals surface area contributed by atoms with Gasteiger partial charge in [-0.3, -0.25) is 5.32 Å². The van der Waals surface area contributed by atoms with Crippen LogP contribution in [0.1, 0.15) is 43.0 Å². The highest BCUT2D eigenvalue weighted by Gasteiger charge is 2.20. The zero-order valence-corrected chi connectivity index (χ0v) is 37.0. The number of anilines is 2. The molecule has 2 aromatic heterocycles. The van der Waals surface area contributed by atoms with E-state index in [0.717, 1.165) is 17.2 Å². The highest BCUT2D eigenvalue weighted by molar-refractivity contribution is 6.31. The first-order valence-corrected chi connectivity index (χ1v) is 20.3. The van der Waals surface area contributed by atoms with Crippen LogP contribution in [0.25, 0.3) is 22.3 Å². The predicted octanol–water partition coefficient (Wildman–Crippen LogP) is 9.72. The number of methoxy groups -OCH3 is 2. The van der Waals surface area contributed by atoms with E-state index in [4.69, 9.17) is 37.9 Å². The second-order valence-electron chi connectivity index (χ2n) is 13.5. The standard InChI is InChI=1S/C22H21ClFN3O3.C22H21ClFN3O2.C2H4O3/c1-3-25-22(28)26-19-10-7-14(13-27(19)29)11-16-8-9-18(30-2)20(21(16)24)15-5-4-6-17(23)12-15;1-3-25-22(28)27-19-10-7-14(13-26-19)11-16-8-9-18(29-2)20(21(16)24)15-5-4-6-17(23)12-15;1-2(3)5-4/h4-10,12-13,29H,3,11H2,1-2H3,(H,25,28);4-10,12-13H,3,11H2,1-2H3,(H2,25,26,27,28);4H,1H3/p+1. The van der Waals surface area contributed by atoms with Crippen molar-refractivity contribution in [1.29, 1.82) is 0 Å². The van der Waals surface area contributed by atoms with Crippen LogP contribution in [0.2, 0.25) is 10.0 Å². The summed E-state index contributed by atoms with van der Waals surface area (Å²) in [5.74, 6) is -0.0221. The molecule has 0 spiro atoms. The highest BCUT2D eigenvalue weighted by atomic mass is 35.5. The van der Waals surface area contributed by atoms with Gasteiger partial charge in [-0.05, 0) is 90.2 Å². The van der Waals surface area contributed by atoms with E-state index in [0.29, 0.717) is 85.8 Å². The van der Waals surface area contributed by atoms with E-state index in [9.17, 15) is 19.6 Å². The molecule has 2 heterocycles. The van der Waals surface area contributed by atoms with Gasteiger partial charge in [0, 0.05) is 60.7 Å². The number of hydrogen-bond donors (Lipinski definition) is 6. The molecule has 18 heteroatoms. The van der Waals surface area contributed by atoms with Crippen LogP contribution in [0.3, 0.4) is 0 Å². The largest absolute Gasteiger partial charge is 0.496 e. The Bertz CT molecular complexity index is 2550. The fourth-order valence-electron chi connectivity index (χ4n) is 6.06. The van der Waals surface area contributed by atoms with Crippen LogP contribution >= 0.6 is 23.2 Å². The van der Waals surface area contributed by atoms with E-state index in [1.54, 1.807) is 110 Å². The highest BCUT2D eigenvalue weighted by Crippen LogP contribution is 2.37. The Kier molecular flexibility index (Phi) is 19.1. The number of halogens is 4. The fourth-order valence-corrected chi connectivity index (χ4v) is 6.44. The van der Waals surface area contributed by atoms with E-state index in [-0.39, 0.29) is 24.1 Å². The van der Waals surface area contributed by atoms with Crippen LogP contribution in [-0.4, -0.2) is 60.8 Å². The summed E-state index contributed by atoms with van der Waals surface area (Å²) in [6, 6.07) is 26.7. The van der Waals surface area contributed by atoms with E-state index in [1.165, 1.54) is 20.4 Å². The van der Waals surface area contributed by atoms with Crippen molar-refractivity contribution < 1.29 is 52.7 Å². The van der Waals surface area contributed by atoms with Crippen molar-refractivity contribution >= 4 is 52.9 Å². The molecule has 0 unspecified atom stereocenters. The zero-order chi connectivity index (χ0) is 46.8. The molecule has 14 nitrogen and oxygen atoms in total. The number of urea groups is 2. The topological polar surface area (TPSA) is 184 Å². The molecule has 0 saturated carbocycles. The first kappa shape index (κ1) is 49.6. The lowest BCUT2D eigenvalue weighted by Gasteiger charge is -2.14. The molecule has 64 heavy (non-hydrogen) atoms. The molecule has 4 amide bonds. The van der Waals surface area contributed by atoms with Crippen LogP contribution in [-0.2, 0) is 22.5 Å². The average molecular weight is 921 g/mol. The van der Waals surface area contributed by atoms with Crippen molar-refractivity contribution in [2.24, 2.45) is 0 Å². The third-order valence-corrected chi connectivity index (χ3v) is 9.39. The Hall–Kier alpha value is -7.01. The number of carbonyl (C=O) groups is 3. The van der Waals surface area contributed by atoms with E-state index in [2.05, 4.69) is 31.1 Å². The molecule has 0 atom stereocenters. The number of pyridine rings is 2. The van der Waals surface area contributed by atoms with Gasteiger partial charge in [-0.1, -0.05) is 70.4 Å². The van der Waals surface area contributed by atoms with Gasteiger partial charge in [0.15, 0.2) is 0 Å². The van der Waals surface area contributed by atoms with Crippen LogP contribution < -0.4 is 35.5 Å². The van der Waals surface area contributed by atoms with Gasteiger partial charge in [-0.25, -0.2) is 28.1 Å². The third-order valence-electron chi connectivity index (χ3n) is 8.92. The molecule has 6 N–H and O–H groups in total. The van der Waals surface area contributed by atoms with Crippen molar-refractivity contribution in [3.05, 3.63) is 153 Å². The Labute approximate surface area is 378 Å². The van der Waals surface area contributed by atoms with Crippen LogP contribution in [0.4, 0.5) is 30.0 Å². The lowest BCUT2D eigenvalue weighted by atomic mass is 9.97. The number of rotatable bonds is 12. The van der Waals surface area contributed by atoms with Crippen LogP contribution in [0.15, 0.2) is 109 Å². The van der Waals surface area contributed by atoms with Gasteiger partial charge in [0.1, 0.15) is 35.1 Å². The minimum atomic E-state index is -0.690. The number of ether oxygens (including phenoxy) is 2. The minimum absolute atomic E-state index is 0.194. The Morgan fingerprint density at radius 1 is 0.703 bits per heavy atom. The van der Waals surface area contributed by atoms with Crippen molar-refractivity contribution in [2.45, 2.75) is 33.6 Å². The Morgan fingerprint density at radius 3 is 1.61 bits per heavy atom. The van der Waals surface area contributed by atoms with Crippen molar-refractivity contribution in [3.63, 3.8) is 0 Å². The summed E-state index contributed by atoms with van der Waals surface area (Å²) in [7, 11) is 2.99. The number of nitrogens with one attached hydrogen (secondary N) is 4. The monoisotopic (exact) mass is 919 g/mol. The van der Waals surface area contributed by atoms with Gasteiger partial charge in [0.25, 0.3) is 0 Å². The number of aromatic nitrogens is 2. The van der Waals surface area contributed by atoms with Gasteiger partial charge >= 0.3 is 23.8 Å². The van der Waals surface area contributed by atoms with Gasteiger partial charge in [-0.15, -0.1) is 0 Å². The molecule has 0 aliphatic heterocycles. The fraction of sp³-hybridized carbons (Fsp3) is 0.196. The molecule has 6 aromatic rings. The molecular formula is C46H47Cl2F2N6O8+. The van der Waals surface area contributed by atoms with Crippen molar-refractivity contribution in [1.82, 2.24) is 15.6 Å². The van der Waals surface area contributed by atoms with Crippen LogP contribution in [0.5, 0.6) is 11.5 Å². The van der Waals surface area contributed by atoms with E-state index >= 15 is 8.78 Å². The number of benzene rings is 4. The van der Waals surface area contributed by atoms with Crippen LogP contribution in [0, 0.1) is 11.6 Å². The SMILES string of the molecule is CC(=O)OO.CCNC(=O)Nc1ccc(Cc2ccc(OC)c(-c3cccc(Cl)c3)c2F)c[n+]1O.CCNC(=O)Nc1ccc(Cc2ccc(OC)c(-c3cccc(Cl)c3)c2F)cn1. The zero-order valence-electron chi connectivity index (χ0n) is 35.5. The molecule has 0 bridgehead atoms. The van der Waals surface area contributed by atoms with Gasteiger partial charge < -0.3 is 30.2 Å². The molecule has 4 aromatic carbocycles. The maximum absolute atomic E-state index is 15.4. The molecule has 0 radical (unpaired) electrons.